The topological polar surface area (TPSA) is 55.7 Å². The van der Waals surface area contributed by atoms with Crippen LogP contribution in [0.3, 0.4) is 0 Å². The molecule has 4 nitrogen and oxygen atoms in total. The highest BCUT2D eigenvalue weighted by molar-refractivity contribution is 6.32. The monoisotopic (exact) mass is 281 g/mol. The van der Waals surface area contributed by atoms with Crippen molar-refractivity contribution in [3.63, 3.8) is 0 Å². The Morgan fingerprint density at radius 1 is 1.37 bits per heavy atom. The molecule has 0 aromatic heterocycles. The van der Waals surface area contributed by atoms with Crippen LogP contribution in [0.25, 0.3) is 0 Å². The van der Waals surface area contributed by atoms with E-state index in [1.54, 1.807) is 25.1 Å². The van der Waals surface area contributed by atoms with Crippen molar-refractivity contribution in [3.8, 4) is 0 Å². The summed E-state index contributed by atoms with van der Waals surface area (Å²) in [6, 6.07) is 4.93. The normalized spacial score (nSPS) is 13.0. The molecule has 0 saturated carbocycles. The Labute approximate surface area is 117 Å². The molecule has 0 saturated heterocycles. The first-order valence-corrected chi connectivity index (χ1v) is 6.11. The molecule has 0 heterocycles. The Balaban J connectivity index is 3.19. The number of aliphatic imine (C=N–C) groups is 1. The summed E-state index contributed by atoms with van der Waals surface area (Å²) >= 11 is 5.99. The molecule has 5 heteroatoms. The van der Waals surface area contributed by atoms with Crippen LogP contribution in [0.5, 0.6) is 0 Å². The minimum atomic E-state index is -1.02. The average molecular weight is 282 g/mol. The molecular formula is C14H16ClNO3. The lowest BCUT2D eigenvalue weighted by Crippen LogP contribution is -2.31. The summed E-state index contributed by atoms with van der Waals surface area (Å²) in [7, 11) is 2.77. The molecule has 19 heavy (non-hydrogen) atoms. The Kier molecular flexibility index (Phi) is 5.24. The van der Waals surface area contributed by atoms with Crippen molar-refractivity contribution in [2.24, 2.45) is 10.9 Å². The molecule has 0 aliphatic carbocycles. The third-order valence-corrected chi connectivity index (χ3v) is 3.33. The summed E-state index contributed by atoms with van der Waals surface area (Å²) in [6.07, 6.45) is 0. The number of carbonyl (C=O) groups is 2. The van der Waals surface area contributed by atoms with Gasteiger partial charge in [-0.05, 0) is 25.5 Å². The number of benzene rings is 1. The third kappa shape index (κ3) is 3.41. The van der Waals surface area contributed by atoms with E-state index in [0.29, 0.717) is 16.3 Å². The van der Waals surface area contributed by atoms with Crippen LogP contribution in [0.1, 0.15) is 22.8 Å². The van der Waals surface area contributed by atoms with Gasteiger partial charge in [0, 0.05) is 23.3 Å². The van der Waals surface area contributed by atoms with Gasteiger partial charge in [-0.25, -0.2) is 0 Å². The van der Waals surface area contributed by atoms with E-state index >= 15 is 0 Å². The number of ether oxygens (including phenoxy) is 1. The molecule has 1 unspecified atom stereocenters. The number of carbonyl (C=O) groups excluding carboxylic acids is 2. The van der Waals surface area contributed by atoms with Crippen LogP contribution in [0.4, 0.5) is 0 Å². The molecule has 0 aliphatic rings. The SMILES string of the molecule is CN=C(C)C(C(=O)OC)C(=O)c1ccc(C)c(Cl)c1. The second-order valence-electron chi connectivity index (χ2n) is 4.15. The predicted molar refractivity (Wildman–Crippen MR) is 75.1 cm³/mol. The number of methoxy groups -OCH3 is 1. The Bertz CT molecular complexity index is 537. The van der Waals surface area contributed by atoms with Gasteiger partial charge in [0.15, 0.2) is 11.7 Å². The maximum Gasteiger partial charge on any atom is 0.322 e. The van der Waals surface area contributed by atoms with E-state index in [4.69, 9.17) is 11.6 Å². The molecule has 0 bridgehead atoms. The molecule has 0 fully saturated rings. The van der Waals surface area contributed by atoms with E-state index in [2.05, 4.69) is 9.73 Å². The number of Topliss-reactive ketones (excluding diaryl/α,β-unsaturated/α-hetero) is 1. The maximum atomic E-state index is 12.4. The van der Waals surface area contributed by atoms with Crippen molar-refractivity contribution in [1.29, 1.82) is 0 Å². The molecule has 1 atom stereocenters. The van der Waals surface area contributed by atoms with Gasteiger partial charge >= 0.3 is 5.97 Å². The molecule has 1 aromatic rings. The summed E-state index contributed by atoms with van der Waals surface area (Å²) in [5, 5.41) is 0.487. The minimum absolute atomic E-state index is 0.364. The fourth-order valence-corrected chi connectivity index (χ4v) is 1.81. The van der Waals surface area contributed by atoms with E-state index < -0.39 is 11.9 Å². The van der Waals surface area contributed by atoms with Crippen LogP contribution in [0.15, 0.2) is 23.2 Å². The van der Waals surface area contributed by atoms with Crippen molar-refractivity contribution < 1.29 is 14.3 Å². The highest BCUT2D eigenvalue weighted by Gasteiger charge is 2.31. The second-order valence-corrected chi connectivity index (χ2v) is 4.56. The first-order chi connectivity index (χ1) is 8.92. The van der Waals surface area contributed by atoms with Crippen LogP contribution >= 0.6 is 11.6 Å². The fraction of sp³-hybridized carbons (Fsp3) is 0.357. The number of hydrogen-bond acceptors (Lipinski definition) is 4. The predicted octanol–water partition coefficient (Wildman–Crippen LogP) is 2.71. The zero-order chi connectivity index (χ0) is 14.6. The maximum absolute atomic E-state index is 12.4. The quantitative estimate of drug-likeness (QED) is 0.369. The van der Waals surface area contributed by atoms with Crippen LogP contribution in [0, 0.1) is 12.8 Å². The van der Waals surface area contributed by atoms with Gasteiger partial charge in [-0.2, -0.15) is 0 Å². The first kappa shape index (κ1) is 15.4. The number of nitrogens with zero attached hydrogens (tertiary/aromatic N) is 1. The first-order valence-electron chi connectivity index (χ1n) is 5.73. The number of esters is 1. The molecular weight excluding hydrogens is 266 g/mol. The van der Waals surface area contributed by atoms with Crippen LogP contribution in [-0.4, -0.2) is 31.6 Å². The van der Waals surface area contributed by atoms with Gasteiger partial charge in [0.1, 0.15) is 0 Å². The average Bonchev–Trinajstić information content (AvgIpc) is 2.41. The standard InChI is InChI=1S/C14H16ClNO3/c1-8-5-6-10(7-11(8)15)13(17)12(9(2)16-3)14(18)19-4/h5-7,12H,1-4H3. The molecule has 1 rings (SSSR count). The number of ketones is 1. The Hall–Kier alpha value is -1.68. The van der Waals surface area contributed by atoms with Crippen LogP contribution in [0.2, 0.25) is 5.02 Å². The second kappa shape index (κ2) is 6.48. The van der Waals surface area contributed by atoms with Crippen molar-refractivity contribution in [1.82, 2.24) is 0 Å². The molecule has 0 aliphatic heterocycles. The van der Waals surface area contributed by atoms with Gasteiger partial charge in [0.2, 0.25) is 0 Å². The molecule has 0 amide bonds. The van der Waals surface area contributed by atoms with Crippen LogP contribution < -0.4 is 0 Å². The molecule has 0 spiro atoms. The lowest BCUT2D eigenvalue weighted by atomic mass is 9.93. The van der Waals surface area contributed by atoms with E-state index in [0.717, 1.165) is 5.56 Å². The van der Waals surface area contributed by atoms with E-state index in [-0.39, 0.29) is 5.78 Å². The van der Waals surface area contributed by atoms with E-state index in [9.17, 15) is 9.59 Å². The van der Waals surface area contributed by atoms with Gasteiger partial charge in [0.05, 0.1) is 7.11 Å². The van der Waals surface area contributed by atoms with Gasteiger partial charge in [-0.3, -0.25) is 14.6 Å². The fourth-order valence-electron chi connectivity index (χ4n) is 1.63. The summed E-state index contributed by atoms with van der Waals surface area (Å²) < 4.78 is 4.66. The molecule has 102 valence electrons. The summed E-state index contributed by atoms with van der Waals surface area (Å²) in [5.74, 6) is -2.00. The molecule has 0 radical (unpaired) electrons. The van der Waals surface area contributed by atoms with E-state index in [1.165, 1.54) is 14.2 Å². The van der Waals surface area contributed by atoms with Crippen molar-refractivity contribution in [2.45, 2.75) is 13.8 Å². The van der Waals surface area contributed by atoms with Crippen molar-refractivity contribution in [3.05, 3.63) is 34.3 Å². The van der Waals surface area contributed by atoms with Gasteiger partial charge < -0.3 is 4.74 Å². The van der Waals surface area contributed by atoms with Gasteiger partial charge in [-0.15, -0.1) is 0 Å². The van der Waals surface area contributed by atoms with E-state index in [1.807, 2.05) is 6.92 Å². The third-order valence-electron chi connectivity index (χ3n) is 2.93. The summed E-state index contributed by atoms with van der Waals surface area (Å²) in [5.41, 5.74) is 1.65. The number of rotatable bonds is 4. The molecule has 1 aromatic carbocycles. The number of aryl methyl sites for hydroxylation is 1. The van der Waals surface area contributed by atoms with Crippen molar-refractivity contribution in [2.75, 3.05) is 14.2 Å². The zero-order valence-corrected chi connectivity index (χ0v) is 12.1. The Morgan fingerprint density at radius 3 is 2.47 bits per heavy atom. The number of hydrogen-bond donors (Lipinski definition) is 0. The zero-order valence-electron chi connectivity index (χ0n) is 11.4. The summed E-state index contributed by atoms with van der Waals surface area (Å²) in [4.78, 5) is 28.0. The minimum Gasteiger partial charge on any atom is -0.468 e. The lowest BCUT2D eigenvalue weighted by Gasteiger charge is -2.13. The summed E-state index contributed by atoms with van der Waals surface area (Å²) in [6.45, 7) is 3.46. The van der Waals surface area contributed by atoms with Crippen molar-refractivity contribution >= 4 is 29.1 Å². The number of halogens is 1. The van der Waals surface area contributed by atoms with Gasteiger partial charge in [0.25, 0.3) is 0 Å². The molecule has 0 N–H and O–H groups in total. The van der Waals surface area contributed by atoms with Gasteiger partial charge in [-0.1, -0.05) is 23.7 Å². The highest BCUT2D eigenvalue weighted by Crippen LogP contribution is 2.20. The smallest absolute Gasteiger partial charge is 0.322 e. The highest BCUT2D eigenvalue weighted by atomic mass is 35.5. The largest absolute Gasteiger partial charge is 0.468 e. The Morgan fingerprint density at radius 2 is 2.00 bits per heavy atom. The van der Waals surface area contributed by atoms with Crippen LogP contribution in [-0.2, 0) is 9.53 Å². The lowest BCUT2D eigenvalue weighted by molar-refractivity contribution is -0.141.